The van der Waals surface area contributed by atoms with E-state index in [0.29, 0.717) is 5.65 Å². The highest BCUT2D eigenvalue weighted by Gasteiger charge is 1.91. The van der Waals surface area contributed by atoms with Gasteiger partial charge in [0.2, 0.25) is 5.56 Å². The smallest absolute Gasteiger partial charge is 0.249 e. The van der Waals surface area contributed by atoms with Crippen LogP contribution in [0.25, 0.3) is 11.0 Å². The zero-order valence-corrected chi connectivity index (χ0v) is 8.79. The van der Waals surface area contributed by atoms with E-state index in [1.165, 1.54) is 19.3 Å². The lowest BCUT2D eigenvalue weighted by Crippen LogP contribution is -2.03. The van der Waals surface area contributed by atoms with Gasteiger partial charge in [-0.3, -0.25) is 4.79 Å². The number of fused-ring (bicyclic) bond motifs is 1. The fourth-order valence-corrected chi connectivity index (χ4v) is 0.891. The minimum absolute atomic E-state index is 0.139. The quantitative estimate of drug-likeness (QED) is 0.615. The highest BCUT2D eigenvalue weighted by Crippen LogP contribution is 2.00. The predicted molar refractivity (Wildman–Crippen MR) is 58.9 cm³/mol. The van der Waals surface area contributed by atoms with Gasteiger partial charge in [0.1, 0.15) is 12.0 Å². The minimum atomic E-state index is -0.560. The average molecular weight is 223 g/mol. The van der Waals surface area contributed by atoms with Gasteiger partial charge in [0.15, 0.2) is 0 Å². The molecule has 16 heavy (non-hydrogen) atoms. The number of aromatic nitrogens is 3. The molecule has 0 aliphatic carbocycles. The zero-order valence-electron chi connectivity index (χ0n) is 8.79. The van der Waals surface area contributed by atoms with Gasteiger partial charge < -0.3 is 15.2 Å². The van der Waals surface area contributed by atoms with Crippen molar-refractivity contribution in [3.05, 3.63) is 35.0 Å². The highest BCUT2D eigenvalue weighted by atomic mass is 16.3. The van der Waals surface area contributed by atoms with Crippen LogP contribution in [0.15, 0.2) is 29.5 Å². The maximum absolute atomic E-state index is 10.8. The topological polar surface area (TPSA) is 99.1 Å². The number of nitrogens with one attached hydrogen (secondary N) is 1. The molecule has 1 unspecified atom stereocenters. The Kier molecular flexibility index (Phi) is 4.56. The first-order chi connectivity index (χ1) is 7.63. The van der Waals surface area contributed by atoms with Crippen LogP contribution < -0.4 is 5.56 Å². The highest BCUT2D eigenvalue weighted by molar-refractivity contribution is 5.72. The van der Waals surface area contributed by atoms with Crippen molar-refractivity contribution in [1.29, 1.82) is 0 Å². The fraction of sp³-hybridized carbons (Fsp3) is 0.300. The van der Waals surface area contributed by atoms with Gasteiger partial charge in [-0.05, 0) is 13.0 Å². The number of rotatable bonds is 1. The Morgan fingerprint density at radius 2 is 2.19 bits per heavy atom. The van der Waals surface area contributed by atoms with E-state index in [-0.39, 0.29) is 12.2 Å². The molecule has 3 N–H and O–H groups in total. The van der Waals surface area contributed by atoms with Crippen molar-refractivity contribution in [2.24, 2.45) is 0 Å². The normalized spacial score (nSPS) is 11.7. The van der Waals surface area contributed by atoms with Gasteiger partial charge >= 0.3 is 0 Å². The third-order valence-corrected chi connectivity index (χ3v) is 1.66. The molecular weight excluding hydrogens is 210 g/mol. The molecule has 0 aliphatic rings. The largest absolute Gasteiger partial charge is 0.394 e. The van der Waals surface area contributed by atoms with Crippen LogP contribution in [0.4, 0.5) is 0 Å². The van der Waals surface area contributed by atoms with Gasteiger partial charge in [0, 0.05) is 17.6 Å². The molecule has 2 aromatic rings. The summed E-state index contributed by atoms with van der Waals surface area (Å²) in [7, 11) is 0. The molecule has 0 spiro atoms. The van der Waals surface area contributed by atoms with Crippen LogP contribution in [0.5, 0.6) is 0 Å². The molecule has 2 heterocycles. The van der Waals surface area contributed by atoms with E-state index in [1.807, 2.05) is 0 Å². The molecule has 0 bridgehead atoms. The van der Waals surface area contributed by atoms with E-state index in [1.54, 1.807) is 12.3 Å². The molecular formula is C10H13N3O3. The Balaban J connectivity index is 0.000000221. The van der Waals surface area contributed by atoms with Crippen LogP contribution in [-0.2, 0) is 0 Å². The molecule has 0 radical (unpaired) electrons. The van der Waals surface area contributed by atoms with Crippen molar-refractivity contribution in [1.82, 2.24) is 15.0 Å². The molecule has 2 rings (SSSR count). The van der Waals surface area contributed by atoms with Crippen LogP contribution in [0.1, 0.15) is 6.92 Å². The van der Waals surface area contributed by atoms with Crippen molar-refractivity contribution in [3.63, 3.8) is 0 Å². The second-order valence-corrected chi connectivity index (χ2v) is 3.18. The van der Waals surface area contributed by atoms with Crippen molar-refractivity contribution in [3.8, 4) is 0 Å². The van der Waals surface area contributed by atoms with Gasteiger partial charge in [0.05, 0.1) is 12.7 Å². The number of aliphatic hydroxyl groups excluding tert-OH is 2. The average Bonchev–Trinajstić information content (AvgIpc) is 2.29. The lowest BCUT2D eigenvalue weighted by atomic mass is 10.3. The molecule has 0 saturated heterocycles. The number of pyridine rings is 1. The summed E-state index contributed by atoms with van der Waals surface area (Å²) in [5.74, 6) is 0. The summed E-state index contributed by atoms with van der Waals surface area (Å²) in [5.41, 5.74) is 0.434. The van der Waals surface area contributed by atoms with Crippen molar-refractivity contribution >= 4 is 11.0 Å². The monoisotopic (exact) mass is 223 g/mol. The summed E-state index contributed by atoms with van der Waals surface area (Å²) < 4.78 is 0. The predicted octanol–water partition coefficient (Wildman–Crippen LogP) is -0.322. The molecule has 1 atom stereocenters. The molecule has 0 saturated carbocycles. The molecule has 6 nitrogen and oxygen atoms in total. The summed E-state index contributed by atoms with van der Waals surface area (Å²) in [6, 6.07) is 3.14. The maximum atomic E-state index is 10.8. The van der Waals surface area contributed by atoms with E-state index >= 15 is 0 Å². The Bertz CT molecular complexity index is 496. The van der Waals surface area contributed by atoms with Crippen LogP contribution in [-0.4, -0.2) is 37.9 Å². The van der Waals surface area contributed by atoms with Gasteiger partial charge in [-0.2, -0.15) is 0 Å². The van der Waals surface area contributed by atoms with E-state index in [9.17, 15) is 4.79 Å². The van der Waals surface area contributed by atoms with Crippen molar-refractivity contribution in [2.45, 2.75) is 13.0 Å². The lowest BCUT2D eigenvalue weighted by molar-refractivity contribution is 0.110. The second-order valence-electron chi connectivity index (χ2n) is 3.18. The van der Waals surface area contributed by atoms with Gasteiger partial charge in [-0.25, -0.2) is 9.97 Å². The van der Waals surface area contributed by atoms with Gasteiger partial charge in [-0.15, -0.1) is 0 Å². The lowest BCUT2D eigenvalue weighted by Gasteiger charge is -1.91. The Hall–Kier alpha value is -1.79. The first-order valence-corrected chi connectivity index (χ1v) is 4.71. The summed E-state index contributed by atoms with van der Waals surface area (Å²) in [6.07, 6.45) is 2.49. The van der Waals surface area contributed by atoms with Gasteiger partial charge in [-0.1, -0.05) is 0 Å². The van der Waals surface area contributed by atoms with Crippen LogP contribution in [0, 0.1) is 0 Å². The number of nitrogens with zero attached hydrogens (tertiary/aromatic N) is 2. The molecule has 6 heteroatoms. The minimum Gasteiger partial charge on any atom is -0.394 e. The SMILES string of the molecule is CC(O)CO.O=c1ccc2cncnc2[nH]1. The molecule has 0 fully saturated rings. The number of H-pyrrole nitrogens is 1. The van der Waals surface area contributed by atoms with E-state index < -0.39 is 6.10 Å². The maximum Gasteiger partial charge on any atom is 0.249 e. The zero-order chi connectivity index (χ0) is 12.0. The van der Waals surface area contributed by atoms with Crippen LogP contribution in [0.3, 0.4) is 0 Å². The van der Waals surface area contributed by atoms with Crippen molar-refractivity contribution < 1.29 is 10.2 Å². The summed E-state index contributed by atoms with van der Waals surface area (Å²) in [6.45, 7) is 1.39. The van der Waals surface area contributed by atoms with E-state index in [0.717, 1.165) is 5.39 Å². The third-order valence-electron chi connectivity index (χ3n) is 1.66. The Labute approximate surface area is 91.6 Å². The molecule has 0 aliphatic heterocycles. The second kappa shape index (κ2) is 5.94. The molecule has 0 aromatic carbocycles. The molecule has 0 amide bonds. The molecule has 86 valence electrons. The van der Waals surface area contributed by atoms with E-state index in [2.05, 4.69) is 15.0 Å². The first kappa shape index (κ1) is 12.3. The third kappa shape index (κ3) is 3.76. The summed E-state index contributed by atoms with van der Waals surface area (Å²) in [4.78, 5) is 21.0. The Morgan fingerprint density at radius 3 is 2.81 bits per heavy atom. The first-order valence-electron chi connectivity index (χ1n) is 4.71. The van der Waals surface area contributed by atoms with Crippen molar-refractivity contribution in [2.75, 3.05) is 6.61 Å². The fourth-order valence-electron chi connectivity index (χ4n) is 0.891. The molecule has 2 aromatic heterocycles. The number of aromatic amines is 1. The number of hydrogen-bond donors (Lipinski definition) is 3. The van der Waals surface area contributed by atoms with E-state index in [4.69, 9.17) is 10.2 Å². The van der Waals surface area contributed by atoms with Crippen LogP contribution >= 0.6 is 0 Å². The summed E-state index contributed by atoms with van der Waals surface area (Å²) >= 11 is 0. The summed E-state index contributed by atoms with van der Waals surface area (Å²) in [5, 5.41) is 16.8. The number of aliphatic hydroxyl groups is 2. The Morgan fingerprint density at radius 1 is 1.50 bits per heavy atom. The standard InChI is InChI=1S/C7H5N3O.C3H8O2/c11-6-2-1-5-3-8-4-9-7(5)10-6;1-3(5)2-4/h1-4H,(H,8,9,10,11);3-5H,2H2,1H3. The number of hydrogen-bond acceptors (Lipinski definition) is 5. The van der Waals surface area contributed by atoms with Gasteiger partial charge in [0.25, 0.3) is 0 Å². The van der Waals surface area contributed by atoms with Crippen LogP contribution in [0.2, 0.25) is 0 Å².